The fourth-order valence-corrected chi connectivity index (χ4v) is 0.750. The molecule has 1 heterocycles. The molecule has 0 aromatic heterocycles. The molecule has 1 N–H and O–H groups in total. The van der Waals surface area contributed by atoms with E-state index in [1.807, 2.05) is 0 Å². The largest absolute Gasteiger partial charge is 0.302 e. The van der Waals surface area contributed by atoms with Crippen molar-refractivity contribution < 1.29 is 4.84 Å². The van der Waals surface area contributed by atoms with Crippen LogP contribution in [-0.2, 0) is 4.84 Å². The maximum Gasteiger partial charge on any atom is 0.0682 e. The van der Waals surface area contributed by atoms with Crippen LogP contribution in [0.3, 0.4) is 0 Å². The van der Waals surface area contributed by atoms with E-state index in [0.29, 0.717) is 0 Å². The third kappa shape index (κ3) is 2.28. The molecule has 8 heavy (non-hydrogen) atoms. The number of hydroxylamine groups is 1. The lowest BCUT2D eigenvalue weighted by atomic mass is 10.2. The molecule has 1 aliphatic rings. The Hall–Kier alpha value is -0.0800. The van der Waals surface area contributed by atoms with Crippen LogP contribution in [0.4, 0.5) is 0 Å². The van der Waals surface area contributed by atoms with Crippen molar-refractivity contribution in [2.45, 2.75) is 19.3 Å². The minimum atomic E-state index is 0.858. The lowest BCUT2D eigenvalue weighted by Crippen LogP contribution is -2.18. The highest BCUT2D eigenvalue weighted by molar-refractivity contribution is 4.65. The van der Waals surface area contributed by atoms with Gasteiger partial charge in [-0.2, -0.15) is 0 Å². The Kier molecular flexibility index (Phi) is 2.92. The molecule has 0 aromatic rings. The van der Waals surface area contributed by atoms with Crippen LogP contribution in [0, 0.1) is 6.42 Å². The van der Waals surface area contributed by atoms with Crippen molar-refractivity contribution in [3.8, 4) is 0 Å². The van der Waals surface area contributed by atoms with Crippen LogP contribution in [0.1, 0.15) is 19.3 Å². The summed E-state index contributed by atoms with van der Waals surface area (Å²) >= 11 is 0. The molecule has 47 valence electrons. The molecule has 2 heteroatoms. The number of nitrogens with one attached hydrogen (secondary N) is 1. The molecule has 0 bridgehead atoms. The Morgan fingerprint density at radius 2 is 2.38 bits per heavy atom. The highest BCUT2D eigenvalue weighted by Gasteiger charge is 1.94. The topological polar surface area (TPSA) is 21.3 Å². The summed E-state index contributed by atoms with van der Waals surface area (Å²) in [7, 11) is 0. The van der Waals surface area contributed by atoms with Crippen molar-refractivity contribution in [3.63, 3.8) is 0 Å². The van der Waals surface area contributed by atoms with E-state index in [1.165, 1.54) is 6.42 Å². The SMILES string of the molecule is [CH]1CCCONCC1. The zero-order chi connectivity index (χ0) is 5.66. The molecule has 1 saturated heterocycles. The second-order valence-electron chi connectivity index (χ2n) is 1.96. The average Bonchev–Trinajstić information content (AvgIpc) is 1.62. The van der Waals surface area contributed by atoms with E-state index in [4.69, 9.17) is 4.84 Å². The standard InChI is InChI=1S/C6H12NO/c1-2-4-6-8-7-5-3-1/h1,7H,2-6H2. The Morgan fingerprint density at radius 1 is 1.38 bits per heavy atom. The van der Waals surface area contributed by atoms with Crippen molar-refractivity contribution in [3.05, 3.63) is 6.42 Å². The predicted octanol–water partition coefficient (Wildman–Crippen LogP) is 0.896. The highest BCUT2D eigenvalue weighted by Crippen LogP contribution is 1.99. The van der Waals surface area contributed by atoms with Gasteiger partial charge in [0.2, 0.25) is 0 Å². The van der Waals surface area contributed by atoms with Crippen molar-refractivity contribution in [2.24, 2.45) is 0 Å². The van der Waals surface area contributed by atoms with Crippen LogP contribution in [0.5, 0.6) is 0 Å². The van der Waals surface area contributed by atoms with Crippen molar-refractivity contribution in [1.29, 1.82) is 0 Å². The molecule has 0 saturated carbocycles. The first-order valence-corrected chi connectivity index (χ1v) is 3.16. The Bertz CT molecular complexity index is 32.5. The summed E-state index contributed by atoms with van der Waals surface area (Å²) in [6.07, 6.45) is 5.81. The van der Waals surface area contributed by atoms with Crippen LogP contribution >= 0.6 is 0 Å². The molecular formula is C6H12NO. The number of hydrogen-bond donors (Lipinski definition) is 1. The zero-order valence-electron chi connectivity index (χ0n) is 5.02. The van der Waals surface area contributed by atoms with Gasteiger partial charge in [0.25, 0.3) is 0 Å². The second kappa shape index (κ2) is 3.87. The van der Waals surface area contributed by atoms with Crippen LogP contribution in [-0.4, -0.2) is 13.2 Å². The first kappa shape index (κ1) is 6.05. The summed E-state index contributed by atoms with van der Waals surface area (Å²) in [5.41, 5.74) is 2.86. The van der Waals surface area contributed by atoms with Gasteiger partial charge in [-0.05, 0) is 25.7 Å². The molecule has 1 radical (unpaired) electrons. The molecule has 1 fully saturated rings. The van der Waals surface area contributed by atoms with Gasteiger partial charge in [-0.25, -0.2) is 5.48 Å². The Labute approximate surface area is 50.2 Å². The van der Waals surface area contributed by atoms with E-state index in [1.54, 1.807) is 0 Å². The Balaban J connectivity index is 2.00. The predicted molar refractivity (Wildman–Crippen MR) is 32.1 cm³/mol. The molecule has 0 atom stereocenters. The van der Waals surface area contributed by atoms with Gasteiger partial charge < -0.3 is 4.84 Å². The molecule has 0 aromatic carbocycles. The minimum absolute atomic E-state index is 0.858. The highest BCUT2D eigenvalue weighted by atomic mass is 16.6. The van der Waals surface area contributed by atoms with Gasteiger partial charge in [0, 0.05) is 6.54 Å². The molecule has 1 rings (SSSR count). The van der Waals surface area contributed by atoms with Crippen LogP contribution in [0.25, 0.3) is 0 Å². The van der Waals surface area contributed by atoms with Gasteiger partial charge in [-0.1, -0.05) is 0 Å². The molecular weight excluding hydrogens is 102 g/mol. The van der Waals surface area contributed by atoms with E-state index in [-0.39, 0.29) is 0 Å². The average molecular weight is 114 g/mol. The third-order valence-electron chi connectivity index (χ3n) is 1.21. The maximum absolute atomic E-state index is 5.00. The monoisotopic (exact) mass is 114 g/mol. The van der Waals surface area contributed by atoms with Crippen molar-refractivity contribution in [1.82, 2.24) is 5.48 Å². The Morgan fingerprint density at radius 3 is 3.38 bits per heavy atom. The van der Waals surface area contributed by atoms with Crippen molar-refractivity contribution >= 4 is 0 Å². The maximum atomic E-state index is 5.00. The summed E-state index contributed by atoms with van der Waals surface area (Å²) in [4.78, 5) is 5.00. The summed E-state index contributed by atoms with van der Waals surface area (Å²) < 4.78 is 0. The summed E-state index contributed by atoms with van der Waals surface area (Å²) in [6, 6.07) is 0. The number of hydrogen-bond acceptors (Lipinski definition) is 2. The summed E-state index contributed by atoms with van der Waals surface area (Å²) in [5.74, 6) is 0. The summed E-state index contributed by atoms with van der Waals surface area (Å²) in [5, 5.41) is 0. The van der Waals surface area contributed by atoms with Crippen LogP contribution in [0.2, 0.25) is 0 Å². The molecule has 2 nitrogen and oxygen atoms in total. The fraction of sp³-hybridized carbons (Fsp3) is 0.833. The van der Waals surface area contributed by atoms with Gasteiger partial charge in [-0.3, -0.25) is 0 Å². The third-order valence-corrected chi connectivity index (χ3v) is 1.21. The van der Waals surface area contributed by atoms with Gasteiger partial charge in [0.05, 0.1) is 6.61 Å². The van der Waals surface area contributed by atoms with Crippen molar-refractivity contribution in [2.75, 3.05) is 13.2 Å². The molecule has 0 amide bonds. The van der Waals surface area contributed by atoms with E-state index in [9.17, 15) is 0 Å². The molecule has 0 spiro atoms. The van der Waals surface area contributed by atoms with E-state index in [2.05, 4.69) is 11.9 Å². The first-order valence-electron chi connectivity index (χ1n) is 3.16. The first-order chi connectivity index (χ1) is 4.00. The molecule has 1 aliphatic heterocycles. The normalized spacial score (nSPS) is 24.0. The smallest absolute Gasteiger partial charge is 0.0682 e. The van der Waals surface area contributed by atoms with E-state index in [0.717, 1.165) is 26.0 Å². The molecule has 0 aliphatic carbocycles. The van der Waals surface area contributed by atoms with Crippen LogP contribution in [0.15, 0.2) is 0 Å². The zero-order valence-corrected chi connectivity index (χ0v) is 5.02. The van der Waals surface area contributed by atoms with Crippen LogP contribution < -0.4 is 5.48 Å². The van der Waals surface area contributed by atoms with Gasteiger partial charge in [0.15, 0.2) is 0 Å². The second-order valence-corrected chi connectivity index (χ2v) is 1.96. The van der Waals surface area contributed by atoms with E-state index < -0.39 is 0 Å². The van der Waals surface area contributed by atoms with Gasteiger partial charge in [0.1, 0.15) is 0 Å². The van der Waals surface area contributed by atoms with Gasteiger partial charge in [-0.15, -0.1) is 0 Å². The minimum Gasteiger partial charge on any atom is -0.302 e. The fourth-order valence-electron chi connectivity index (χ4n) is 0.750. The molecule has 0 unspecified atom stereocenters. The summed E-state index contributed by atoms with van der Waals surface area (Å²) in [6.45, 7) is 1.83. The quantitative estimate of drug-likeness (QED) is 0.505. The lowest BCUT2D eigenvalue weighted by Gasteiger charge is -2.08. The van der Waals surface area contributed by atoms with Gasteiger partial charge >= 0.3 is 0 Å². The lowest BCUT2D eigenvalue weighted by molar-refractivity contribution is 0.0354. The number of rotatable bonds is 0. The van der Waals surface area contributed by atoms with E-state index >= 15 is 0 Å².